The van der Waals surface area contributed by atoms with E-state index < -0.39 is 0 Å². The number of aliphatic hydroxyl groups excluding tert-OH is 1. The normalized spacial score (nSPS) is 22.4. The first-order valence-corrected chi connectivity index (χ1v) is 8.35. The zero-order chi connectivity index (χ0) is 14.0. The van der Waals surface area contributed by atoms with Gasteiger partial charge in [-0.1, -0.05) is 0 Å². The van der Waals surface area contributed by atoms with E-state index >= 15 is 0 Å². The van der Waals surface area contributed by atoms with Gasteiger partial charge in [0.05, 0.1) is 13.2 Å². The van der Waals surface area contributed by atoms with Crippen LogP contribution in [0.5, 0.6) is 0 Å². The summed E-state index contributed by atoms with van der Waals surface area (Å²) >= 11 is 1.81. The summed E-state index contributed by atoms with van der Waals surface area (Å²) < 4.78 is 5.48. The second kappa shape index (κ2) is 11.9. The third kappa shape index (κ3) is 7.33. The van der Waals surface area contributed by atoms with Gasteiger partial charge < -0.3 is 20.5 Å². The van der Waals surface area contributed by atoms with Crippen molar-refractivity contribution < 1.29 is 9.84 Å². The molecular weight excluding hydrogens is 389 g/mol. The van der Waals surface area contributed by atoms with Crippen molar-refractivity contribution in [3.63, 3.8) is 0 Å². The summed E-state index contributed by atoms with van der Waals surface area (Å²) in [6, 6.07) is 0. The number of hydrogen-bond donors (Lipinski definition) is 3. The Morgan fingerprint density at radius 2 is 2.25 bits per heavy atom. The minimum atomic E-state index is 0. The fourth-order valence-corrected chi connectivity index (χ4v) is 2.45. The molecule has 0 radical (unpaired) electrons. The maximum Gasteiger partial charge on any atom is 0.191 e. The lowest BCUT2D eigenvalue weighted by Gasteiger charge is -2.24. The van der Waals surface area contributed by atoms with Crippen LogP contribution in [-0.4, -0.2) is 62.5 Å². The Labute approximate surface area is 143 Å². The number of rotatable bonds is 8. The van der Waals surface area contributed by atoms with Gasteiger partial charge in [0.1, 0.15) is 0 Å². The highest BCUT2D eigenvalue weighted by Gasteiger charge is 2.34. The Balaban J connectivity index is 0.00000361. The lowest BCUT2D eigenvalue weighted by Crippen LogP contribution is -2.39. The molecule has 0 aromatic carbocycles. The predicted molar refractivity (Wildman–Crippen MR) is 97.4 cm³/mol. The molecule has 7 heteroatoms. The zero-order valence-corrected chi connectivity index (χ0v) is 15.6. The van der Waals surface area contributed by atoms with Crippen molar-refractivity contribution in [2.75, 3.05) is 51.5 Å². The van der Waals surface area contributed by atoms with E-state index in [4.69, 9.17) is 4.74 Å². The summed E-state index contributed by atoms with van der Waals surface area (Å²) in [6.45, 7) is 6.24. The molecule has 0 spiro atoms. The van der Waals surface area contributed by atoms with Crippen molar-refractivity contribution in [2.45, 2.75) is 19.8 Å². The van der Waals surface area contributed by atoms with E-state index in [0.29, 0.717) is 13.2 Å². The summed E-state index contributed by atoms with van der Waals surface area (Å²) in [7, 11) is 0. The van der Waals surface area contributed by atoms with Crippen molar-refractivity contribution >= 4 is 41.7 Å². The van der Waals surface area contributed by atoms with Crippen molar-refractivity contribution in [1.82, 2.24) is 10.6 Å². The average Bonchev–Trinajstić information content (AvgIpc) is 2.86. The van der Waals surface area contributed by atoms with Crippen molar-refractivity contribution in [2.24, 2.45) is 10.4 Å². The second-order valence-electron chi connectivity index (χ2n) is 4.89. The van der Waals surface area contributed by atoms with Crippen LogP contribution in [0, 0.1) is 5.41 Å². The van der Waals surface area contributed by atoms with Gasteiger partial charge in [-0.25, -0.2) is 0 Å². The van der Waals surface area contributed by atoms with E-state index in [-0.39, 0.29) is 36.0 Å². The van der Waals surface area contributed by atoms with E-state index in [9.17, 15) is 5.11 Å². The SMILES string of the molecule is CCNC(=NCC1(CCO)CCOC1)NCCSC.I. The molecule has 1 saturated heterocycles. The van der Waals surface area contributed by atoms with Gasteiger partial charge in [-0.15, -0.1) is 24.0 Å². The van der Waals surface area contributed by atoms with Crippen LogP contribution in [0.3, 0.4) is 0 Å². The first kappa shape index (κ1) is 20.3. The van der Waals surface area contributed by atoms with Crippen LogP contribution in [0.15, 0.2) is 4.99 Å². The zero-order valence-electron chi connectivity index (χ0n) is 12.5. The largest absolute Gasteiger partial charge is 0.396 e. The molecular formula is C13H28IN3O2S. The van der Waals surface area contributed by atoms with Gasteiger partial charge in [-0.3, -0.25) is 4.99 Å². The van der Waals surface area contributed by atoms with Crippen LogP contribution in [0.25, 0.3) is 0 Å². The Morgan fingerprint density at radius 3 is 2.80 bits per heavy atom. The number of aliphatic imine (C=N–C) groups is 1. The molecule has 0 aromatic heterocycles. The highest BCUT2D eigenvalue weighted by molar-refractivity contribution is 14.0. The third-order valence-electron chi connectivity index (χ3n) is 3.34. The van der Waals surface area contributed by atoms with Crippen LogP contribution in [-0.2, 0) is 4.74 Å². The van der Waals surface area contributed by atoms with Crippen LogP contribution < -0.4 is 10.6 Å². The average molecular weight is 417 g/mol. The molecule has 1 atom stereocenters. The van der Waals surface area contributed by atoms with Crippen LogP contribution in [0.2, 0.25) is 0 Å². The predicted octanol–water partition coefficient (Wildman–Crippen LogP) is 1.31. The number of nitrogens with one attached hydrogen (secondary N) is 2. The van der Waals surface area contributed by atoms with Crippen LogP contribution >= 0.6 is 35.7 Å². The van der Waals surface area contributed by atoms with Gasteiger partial charge in [0, 0.05) is 37.5 Å². The lowest BCUT2D eigenvalue weighted by molar-refractivity contribution is 0.131. The molecule has 1 unspecified atom stereocenters. The fourth-order valence-electron chi connectivity index (χ4n) is 2.15. The second-order valence-corrected chi connectivity index (χ2v) is 5.88. The molecule has 0 aliphatic carbocycles. The first-order chi connectivity index (χ1) is 9.26. The van der Waals surface area contributed by atoms with Gasteiger partial charge >= 0.3 is 0 Å². The molecule has 3 N–H and O–H groups in total. The molecule has 20 heavy (non-hydrogen) atoms. The van der Waals surface area contributed by atoms with E-state index in [1.807, 2.05) is 11.8 Å². The monoisotopic (exact) mass is 417 g/mol. The van der Waals surface area contributed by atoms with Crippen LogP contribution in [0.1, 0.15) is 19.8 Å². The minimum Gasteiger partial charge on any atom is -0.396 e. The number of hydrogen-bond acceptors (Lipinski definition) is 4. The Kier molecular flexibility index (Phi) is 12.0. The number of nitrogens with zero attached hydrogens (tertiary/aromatic N) is 1. The van der Waals surface area contributed by atoms with Crippen molar-refractivity contribution in [1.29, 1.82) is 0 Å². The number of thioether (sulfide) groups is 1. The smallest absolute Gasteiger partial charge is 0.191 e. The third-order valence-corrected chi connectivity index (χ3v) is 3.95. The maximum atomic E-state index is 9.20. The van der Waals surface area contributed by atoms with Gasteiger partial charge in [-0.2, -0.15) is 11.8 Å². The molecule has 1 aliphatic rings. The summed E-state index contributed by atoms with van der Waals surface area (Å²) in [5, 5.41) is 15.8. The Bertz CT molecular complexity index is 274. The Morgan fingerprint density at radius 1 is 1.45 bits per heavy atom. The minimum absolute atomic E-state index is 0. The van der Waals surface area contributed by atoms with Gasteiger partial charge in [-0.05, 0) is 26.0 Å². The number of ether oxygens (including phenoxy) is 1. The van der Waals surface area contributed by atoms with E-state index in [2.05, 4.69) is 28.8 Å². The standard InChI is InChI=1S/C13H27N3O2S.HI/c1-3-14-12(15-6-9-19-2)16-10-13(4-7-17)5-8-18-11-13;/h17H,3-11H2,1-2H3,(H2,14,15,16);1H. The quantitative estimate of drug-likeness (QED) is 0.241. The summed E-state index contributed by atoms with van der Waals surface area (Å²) in [4.78, 5) is 4.65. The molecule has 0 bridgehead atoms. The van der Waals surface area contributed by atoms with E-state index in [1.165, 1.54) is 0 Å². The van der Waals surface area contributed by atoms with Gasteiger partial charge in [0.2, 0.25) is 0 Å². The van der Waals surface area contributed by atoms with Gasteiger partial charge in [0.15, 0.2) is 5.96 Å². The summed E-state index contributed by atoms with van der Waals surface area (Å²) in [6.07, 6.45) is 3.85. The van der Waals surface area contributed by atoms with Gasteiger partial charge in [0.25, 0.3) is 0 Å². The molecule has 1 fully saturated rings. The molecule has 1 aliphatic heterocycles. The molecule has 0 saturated carbocycles. The lowest BCUT2D eigenvalue weighted by atomic mass is 9.84. The number of aliphatic hydroxyl groups is 1. The van der Waals surface area contributed by atoms with E-state index in [1.54, 1.807) is 0 Å². The molecule has 0 aromatic rings. The summed E-state index contributed by atoms with van der Waals surface area (Å²) in [5.74, 6) is 1.93. The van der Waals surface area contributed by atoms with Crippen molar-refractivity contribution in [3.05, 3.63) is 0 Å². The molecule has 1 rings (SSSR count). The molecule has 120 valence electrons. The topological polar surface area (TPSA) is 65.9 Å². The molecule has 5 nitrogen and oxygen atoms in total. The Hall–Kier alpha value is 0.270. The fraction of sp³-hybridized carbons (Fsp3) is 0.923. The van der Waals surface area contributed by atoms with Crippen LogP contribution in [0.4, 0.5) is 0 Å². The summed E-state index contributed by atoms with van der Waals surface area (Å²) in [5.41, 5.74) is 0.0244. The first-order valence-electron chi connectivity index (χ1n) is 6.96. The highest BCUT2D eigenvalue weighted by Crippen LogP contribution is 2.32. The number of guanidine groups is 1. The van der Waals surface area contributed by atoms with E-state index in [0.717, 1.165) is 44.3 Å². The maximum absolute atomic E-state index is 9.20. The number of halogens is 1. The highest BCUT2D eigenvalue weighted by atomic mass is 127. The van der Waals surface area contributed by atoms with Crippen molar-refractivity contribution in [3.8, 4) is 0 Å². The molecule has 1 heterocycles. The molecule has 0 amide bonds.